The molecule has 0 saturated heterocycles. The second kappa shape index (κ2) is 11.1. The predicted molar refractivity (Wildman–Crippen MR) is 172 cm³/mol. The van der Waals surface area contributed by atoms with Gasteiger partial charge in [-0.3, -0.25) is 0 Å². The number of para-hydroxylation sites is 2. The number of rotatable bonds is 8. The molecule has 0 spiro atoms. The third-order valence-electron chi connectivity index (χ3n) is 7.00. The first-order chi connectivity index (χ1) is 17.5. The number of hydrogen-bond donors (Lipinski definition) is 2. The van der Waals surface area contributed by atoms with Gasteiger partial charge in [0.2, 0.25) is 0 Å². The van der Waals surface area contributed by atoms with Gasteiger partial charge < -0.3 is 10.2 Å². The van der Waals surface area contributed by atoms with E-state index in [0.717, 1.165) is 21.0 Å². The highest BCUT2D eigenvalue weighted by atomic mass is 31.4. The summed E-state index contributed by atoms with van der Waals surface area (Å²) in [5.41, 5.74) is 2.91. The average Bonchev–Trinajstić information content (AvgIpc) is 2.85. The van der Waals surface area contributed by atoms with Crippen molar-refractivity contribution in [3.8, 4) is 11.5 Å². The maximum absolute atomic E-state index is 11.7. The average molecular weight is 559 g/mol. The summed E-state index contributed by atoms with van der Waals surface area (Å²) < 4.78 is 0. The highest BCUT2D eigenvalue weighted by Crippen LogP contribution is 2.43. The van der Waals surface area contributed by atoms with Gasteiger partial charge in [-0.05, 0) is 21.5 Å². The van der Waals surface area contributed by atoms with Gasteiger partial charge in [0.1, 0.15) is 11.5 Å². The second-order valence-electron chi connectivity index (χ2n) is 11.8. The molecule has 0 atom stereocenters. The smallest absolute Gasteiger partial charge is 0.122 e. The van der Waals surface area contributed by atoms with Crippen molar-refractivity contribution in [2.24, 2.45) is 0 Å². The largest absolute Gasteiger partial charge is 0.507 e. The summed E-state index contributed by atoms with van der Waals surface area (Å²) in [6.07, 6.45) is 0. The number of aromatic hydroxyl groups is 2. The first kappa shape index (κ1) is 27.6. The van der Waals surface area contributed by atoms with Crippen molar-refractivity contribution < 1.29 is 10.2 Å². The first-order valence-electron chi connectivity index (χ1n) is 13.0. The molecule has 0 aliphatic carbocycles. The number of phenols is 2. The number of hydrogen-bond acceptors (Lipinski definition) is 2. The van der Waals surface area contributed by atoms with Gasteiger partial charge >= 0.3 is 0 Å². The molecule has 6 heteroatoms. The van der Waals surface area contributed by atoms with Gasteiger partial charge in [-0.25, -0.2) is 0 Å². The fourth-order valence-corrected chi connectivity index (χ4v) is 16.4. The Morgan fingerprint density at radius 2 is 0.919 bits per heavy atom. The fraction of sp³-hybridized carbons (Fsp3) is 0.226. The van der Waals surface area contributed by atoms with Crippen LogP contribution in [0, 0.1) is 0 Å². The van der Waals surface area contributed by atoms with E-state index in [1.165, 1.54) is 11.1 Å². The van der Waals surface area contributed by atoms with E-state index in [2.05, 4.69) is 136 Å². The zero-order valence-electron chi connectivity index (χ0n) is 22.9. The van der Waals surface area contributed by atoms with Crippen LogP contribution in [0.4, 0.5) is 0 Å². The molecule has 4 aromatic rings. The van der Waals surface area contributed by atoms with Crippen LogP contribution in [0.3, 0.4) is 0 Å². The highest BCUT2D eigenvalue weighted by Gasteiger charge is 2.31. The Morgan fingerprint density at radius 3 is 1.27 bits per heavy atom. The van der Waals surface area contributed by atoms with Crippen molar-refractivity contribution >= 4 is 53.8 Å². The van der Waals surface area contributed by atoms with E-state index in [1.54, 1.807) is 0 Å². The monoisotopic (exact) mass is 558 g/mol. The lowest BCUT2D eigenvalue weighted by Crippen LogP contribution is -2.41. The molecule has 2 nitrogen and oxygen atoms in total. The van der Waals surface area contributed by atoms with Crippen molar-refractivity contribution in [1.29, 1.82) is 0 Å². The molecule has 0 fully saturated rings. The Balaban J connectivity index is 1.95. The van der Waals surface area contributed by atoms with Crippen LogP contribution >= 0.6 is 7.47 Å². The lowest BCUT2D eigenvalue weighted by molar-refractivity contribution is 0.483. The van der Waals surface area contributed by atoms with Gasteiger partial charge in [0, 0.05) is 16.2 Å². The minimum Gasteiger partial charge on any atom is -0.507 e. The van der Waals surface area contributed by atoms with Crippen LogP contribution in [-0.4, -0.2) is 35.5 Å². The van der Waals surface area contributed by atoms with Crippen molar-refractivity contribution in [2.45, 2.75) is 44.8 Å². The van der Waals surface area contributed by atoms with Crippen LogP contribution in [0.5, 0.6) is 11.5 Å². The molecule has 0 aromatic heterocycles. The van der Waals surface area contributed by atoms with Gasteiger partial charge in [-0.2, -0.15) is 0 Å². The van der Waals surface area contributed by atoms with E-state index >= 15 is 0 Å². The summed E-state index contributed by atoms with van der Waals surface area (Å²) in [5.74, 6) is 0.913. The lowest BCUT2D eigenvalue weighted by atomic mass is 10.0. The molecule has 0 heterocycles. The van der Waals surface area contributed by atoms with Gasteiger partial charge in [0.25, 0.3) is 0 Å². The molecule has 0 saturated carbocycles. The summed E-state index contributed by atoms with van der Waals surface area (Å²) in [7, 11) is -5.38. The first-order valence-corrected chi connectivity index (χ1v) is 24.2. The van der Waals surface area contributed by atoms with E-state index < -0.39 is 32.8 Å². The minimum atomic E-state index is -1.76. The van der Waals surface area contributed by atoms with Crippen LogP contribution in [0.2, 0.25) is 39.3 Å². The number of phenolic OH excluding ortho intramolecular Hbond substituents is 2. The minimum absolute atomic E-state index is 0.276. The SMILES string of the molecule is C[Si](C)(C)c1cccc(P([SiH2]C(c2ccccc2)c2ccccc2)c2cccc([Si](C)(C)C)c2O)c1O. The summed E-state index contributed by atoms with van der Waals surface area (Å²) in [5, 5.41) is 27.7. The molecule has 4 rings (SSSR count). The normalized spacial score (nSPS) is 12.6. The quantitative estimate of drug-likeness (QED) is 0.222. The van der Waals surface area contributed by atoms with Crippen molar-refractivity contribution in [1.82, 2.24) is 0 Å². The van der Waals surface area contributed by atoms with Crippen molar-refractivity contribution in [3.63, 3.8) is 0 Å². The van der Waals surface area contributed by atoms with Gasteiger partial charge in [0.15, 0.2) is 0 Å². The van der Waals surface area contributed by atoms with Gasteiger partial charge in [-0.15, -0.1) is 0 Å². The molecule has 4 aromatic carbocycles. The third kappa shape index (κ3) is 6.18. The van der Waals surface area contributed by atoms with Crippen LogP contribution in [-0.2, 0) is 0 Å². The van der Waals surface area contributed by atoms with Crippen LogP contribution in [0.1, 0.15) is 16.7 Å². The van der Waals surface area contributed by atoms with Crippen LogP contribution in [0.25, 0.3) is 0 Å². The maximum Gasteiger partial charge on any atom is 0.122 e. The Hall–Kier alpha value is -2.44. The fourth-order valence-electron chi connectivity index (χ4n) is 4.99. The Labute approximate surface area is 227 Å². The van der Waals surface area contributed by atoms with Crippen molar-refractivity contribution in [2.75, 3.05) is 0 Å². The molecule has 0 unspecified atom stereocenters. The summed E-state index contributed by atoms with van der Waals surface area (Å²) in [6, 6.07) is 34.2. The summed E-state index contributed by atoms with van der Waals surface area (Å²) in [6.45, 7) is 13.7. The topological polar surface area (TPSA) is 40.5 Å². The molecule has 0 bridgehead atoms. The zero-order chi connectivity index (χ0) is 26.8. The van der Waals surface area contributed by atoms with Gasteiger partial charge in [-0.1, -0.05) is 144 Å². The molecule has 0 radical (unpaired) electrons. The molecule has 0 aliphatic rings. The van der Waals surface area contributed by atoms with E-state index in [-0.39, 0.29) is 5.54 Å². The lowest BCUT2D eigenvalue weighted by Gasteiger charge is -2.30. The van der Waals surface area contributed by atoms with Crippen LogP contribution < -0.4 is 21.0 Å². The maximum atomic E-state index is 11.7. The van der Waals surface area contributed by atoms with E-state index in [9.17, 15) is 10.2 Å². The summed E-state index contributed by atoms with van der Waals surface area (Å²) in [4.78, 5) is 0. The standard InChI is InChI=1S/C31H39O2PSi3/c1-36(2,3)27-21-13-19-25(29(27)32)34(26-20-14-22-28(30(26)33)37(4,5)6)35-31(23-15-9-7-10-16-23)24-17-11-8-12-18-24/h7-22,31-33H,35H2,1-6H3. The van der Waals surface area contributed by atoms with Crippen LogP contribution in [0.15, 0.2) is 97.1 Å². The molecule has 192 valence electrons. The van der Waals surface area contributed by atoms with E-state index in [4.69, 9.17) is 0 Å². The zero-order valence-corrected chi connectivity index (χ0v) is 27.2. The molecule has 2 N–H and O–H groups in total. The Morgan fingerprint density at radius 1 is 0.541 bits per heavy atom. The molecule has 0 aliphatic heterocycles. The molecular formula is C31H39O2PSi3. The van der Waals surface area contributed by atoms with E-state index in [0.29, 0.717) is 11.5 Å². The van der Waals surface area contributed by atoms with Gasteiger partial charge in [0.05, 0.1) is 25.3 Å². The van der Waals surface area contributed by atoms with E-state index in [1.807, 2.05) is 0 Å². The second-order valence-corrected chi connectivity index (χ2v) is 27.9. The molecule has 0 amide bonds. The Bertz CT molecular complexity index is 1240. The number of benzene rings is 4. The van der Waals surface area contributed by atoms with Crippen molar-refractivity contribution in [3.05, 3.63) is 108 Å². The molecule has 37 heavy (non-hydrogen) atoms. The third-order valence-corrected chi connectivity index (χ3v) is 18.8. The highest BCUT2D eigenvalue weighted by molar-refractivity contribution is 7.97. The Kier molecular flexibility index (Phi) is 8.29. The summed E-state index contributed by atoms with van der Waals surface area (Å²) >= 11 is 0. The predicted octanol–water partition coefficient (Wildman–Crippen LogP) is 5.49. The molecular weight excluding hydrogens is 520 g/mol.